The Labute approximate surface area is 164 Å². The van der Waals surface area contributed by atoms with Gasteiger partial charge < -0.3 is 16.2 Å². The molecule has 0 spiro atoms. The maximum absolute atomic E-state index is 9.15. The second-order valence-corrected chi connectivity index (χ2v) is 8.04. The predicted molar refractivity (Wildman–Crippen MR) is 117 cm³/mol. The van der Waals surface area contributed by atoms with Crippen molar-refractivity contribution in [2.24, 2.45) is 5.73 Å². The average molecular weight is 371 g/mol. The number of rotatable bonds is 22. The normalized spacial score (nSPS) is 12.6. The minimum absolute atomic E-state index is 0.291. The van der Waals surface area contributed by atoms with E-state index in [1.54, 1.807) is 0 Å². The van der Waals surface area contributed by atoms with Crippen LogP contribution in [0.5, 0.6) is 0 Å². The van der Waals surface area contributed by atoms with Gasteiger partial charge in [0.2, 0.25) is 0 Å². The highest BCUT2D eigenvalue weighted by Crippen LogP contribution is 2.14. The molecule has 0 aliphatic rings. The summed E-state index contributed by atoms with van der Waals surface area (Å²) in [5.74, 6) is 0. The van der Waals surface area contributed by atoms with Crippen LogP contribution in [0.1, 0.15) is 122 Å². The van der Waals surface area contributed by atoms with Crippen molar-refractivity contribution in [3.05, 3.63) is 0 Å². The van der Waals surface area contributed by atoms with Crippen LogP contribution in [-0.4, -0.2) is 30.8 Å². The third-order valence-corrected chi connectivity index (χ3v) is 5.45. The molecule has 158 valence electrons. The summed E-state index contributed by atoms with van der Waals surface area (Å²) in [6.45, 7) is 4.31. The Morgan fingerprint density at radius 1 is 0.654 bits per heavy atom. The molecule has 0 heterocycles. The van der Waals surface area contributed by atoms with Crippen molar-refractivity contribution < 1.29 is 5.11 Å². The molecule has 1 unspecified atom stereocenters. The number of aliphatic hydroxyl groups is 1. The SMILES string of the molecule is CCCCCCCCCCCCCCCCCC(CCO)NCCCN. The van der Waals surface area contributed by atoms with Crippen LogP contribution in [-0.2, 0) is 0 Å². The molecule has 0 amide bonds. The first-order valence-electron chi connectivity index (χ1n) is 11.9. The summed E-state index contributed by atoms with van der Waals surface area (Å²) in [6, 6.07) is 0.480. The lowest BCUT2D eigenvalue weighted by molar-refractivity contribution is 0.258. The minimum Gasteiger partial charge on any atom is -0.396 e. The lowest BCUT2D eigenvalue weighted by Crippen LogP contribution is -2.31. The molecule has 0 bridgehead atoms. The molecular weight excluding hydrogens is 320 g/mol. The van der Waals surface area contributed by atoms with E-state index in [0.29, 0.717) is 12.6 Å². The van der Waals surface area contributed by atoms with E-state index in [1.807, 2.05) is 0 Å². The van der Waals surface area contributed by atoms with E-state index in [2.05, 4.69) is 12.2 Å². The van der Waals surface area contributed by atoms with Crippen molar-refractivity contribution in [2.75, 3.05) is 19.7 Å². The molecule has 0 aliphatic heterocycles. The minimum atomic E-state index is 0.291. The van der Waals surface area contributed by atoms with Crippen molar-refractivity contribution in [3.8, 4) is 0 Å². The quantitative estimate of drug-likeness (QED) is 0.207. The van der Waals surface area contributed by atoms with Gasteiger partial charge in [-0.25, -0.2) is 0 Å². The largest absolute Gasteiger partial charge is 0.396 e. The molecule has 0 aromatic carbocycles. The molecule has 0 aromatic heterocycles. The average Bonchev–Trinajstić information content (AvgIpc) is 2.65. The summed E-state index contributed by atoms with van der Waals surface area (Å²) < 4.78 is 0. The highest BCUT2D eigenvalue weighted by molar-refractivity contribution is 4.66. The van der Waals surface area contributed by atoms with E-state index in [4.69, 9.17) is 10.8 Å². The van der Waals surface area contributed by atoms with E-state index in [-0.39, 0.29) is 0 Å². The van der Waals surface area contributed by atoms with Gasteiger partial charge in [0.05, 0.1) is 0 Å². The maximum atomic E-state index is 9.15. The highest BCUT2D eigenvalue weighted by Gasteiger charge is 2.06. The predicted octanol–water partition coefficient (Wildman–Crippen LogP) is 5.94. The van der Waals surface area contributed by atoms with Gasteiger partial charge in [-0.3, -0.25) is 0 Å². The van der Waals surface area contributed by atoms with Crippen molar-refractivity contribution in [3.63, 3.8) is 0 Å². The zero-order chi connectivity index (χ0) is 19.1. The number of aliphatic hydroxyl groups excluding tert-OH is 1. The van der Waals surface area contributed by atoms with E-state index >= 15 is 0 Å². The molecule has 0 aliphatic carbocycles. The van der Waals surface area contributed by atoms with Crippen LogP contribution in [0.2, 0.25) is 0 Å². The number of hydrogen-bond acceptors (Lipinski definition) is 3. The Morgan fingerprint density at radius 2 is 1.12 bits per heavy atom. The van der Waals surface area contributed by atoms with Crippen LogP contribution in [0.3, 0.4) is 0 Å². The Balaban J connectivity index is 3.24. The van der Waals surface area contributed by atoms with E-state index in [0.717, 1.165) is 25.9 Å². The van der Waals surface area contributed by atoms with Gasteiger partial charge >= 0.3 is 0 Å². The van der Waals surface area contributed by atoms with Gasteiger partial charge in [0.15, 0.2) is 0 Å². The summed E-state index contributed by atoms with van der Waals surface area (Å²) in [6.07, 6.45) is 24.3. The Morgan fingerprint density at radius 3 is 1.54 bits per heavy atom. The smallest absolute Gasteiger partial charge is 0.0445 e. The van der Waals surface area contributed by atoms with Crippen molar-refractivity contribution >= 4 is 0 Å². The van der Waals surface area contributed by atoms with Gasteiger partial charge in [0.25, 0.3) is 0 Å². The summed E-state index contributed by atoms with van der Waals surface area (Å²) >= 11 is 0. The molecule has 0 fully saturated rings. The zero-order valence-corrected chi connectivity index (χ0v) is 18.0. The van der Waals surface area contributed by atoms with Crippen molar-refractivity contribution in [2.45, 2.75) is 129 Å². The first kappa shape index (κ1) is 25.9. The molecule has 26 heavy (non-hydrogen) atoms. The number of hydrogen-bond donors (Lipinski definition) is 3. The molecule has 3 heteroatoms. The van der Waals surface area contributed by atoms with Crippen LogP contribution < -0.4 is 11.1 Å². The molecule has 0 radical (unpaired) electrons. The van der Waals surface area contributed by atoms with E-state index in [1.165, 1.54) is 103 Å². The van der Waals surface area contributed by atoms with Crippen LogP contribution in [0.25, 0.3) is 0 Å². The Bertz CT molecular complexity index is 248. The summed E-state index contributed by atoms with van der Waals surface area (Å²) in [7, 11) is 0. The van der Waals surface area contributed by atoms with Gasteiger partial charge in [0, 0.05) is 12.6 Å². The standard InChI is InChI=1S/C23H50N2O/c1-2-3-4-5-6-7-8-9-10-11-12-13-14-15-16-18-23(19-22-26)25-21-17-20-24/h23,25-26H,2-22,24H2,1H3. The van der Waals surface area contributed by atoms with Crippen LogP contribution >= 0.6 is 0 Å². The lowest BCUT2D eigenvalue weighted by Gasteiger charge is -2.17. The zero-order valence-electron chi connectivity index (χ0n) is 18.0. The lowest BCUT2D eigenvalue weighted by atomic mass is 10.0. The molecule has 0 saturated heterocycles. The molecule has 0 aromatic rings. The van der Waals surface area contributed by atoms with E-state index < -0.39 is 0 Å². The third-order valence-electron chi connectivity index (χ3n) is 5.45. The summed E-state index contributed by atoms with van der Waals surface area (Å²) in [5, 5.41) is 12.7. The molecule has 0 rings (SSSR count). The van der Waals surface area contributed by atoms with Gasteiger partial charge in [-0.05, 0) is 32.4 Å². The van der Waals surface area contributed by atoms with Crippen LogP contribution in [0.4, 0.5) is 0 Å². The van der Waals surface area contributed by atoms with Crippen molar-refractivity contribution in [1.82, 2.24) is 5.32 Å². The van der Waals surface area contributed by atoms with Crippen molar-refractivity contribution in [1.29, 1.82) is 0 Å². The summed E-state index contributed by atoms with van der Waals surface area (Å²) in [5.41, 5.74) is 5.54. The van der Waals surface area contributed by atoms with Crippen LogP contribution in [0, 0.1) is 0 Å². The highest BCUT2D eigenvalue weighted by atomic mass is 16.3. The third kappa shape index (κ3) is 20.2. The number of nitrogens with two attached hydrogens (primary N) is 1. The first-order valence-corrected chi connectivity index (χ1v) is 11.9. The second kappa shape index (κ2) is 22.9. The van der Waals surface area contributed by atoms with Gasteiger partial charge in [-0.2, -0.15) is 0 Å². The number of nitrogens with one attached hydrogen (secondary N) is 1. The summed E-state index contributed by atoms with van der Waals surface area (Å²) in [4.78, 5) is 0. The van der Waals surface area contributed by atoms with Gasteiger partial charge in [-0.1, -0.05) is 103 Å². The molecular formula is C23H50N2O. The van der Waals surface area contributed by atoms with Crippen LogP contribution in [0.15, 0.2) is 0 Å². The topological polar surface area (TPSA) is 58.3 Å². The fraction of sp³-hybridized carbons (Fsp3) is 1.00. The molecule has 0 saturated carbocycles. The second-order valence-electron chi connectivity index (χ2n) is 8.04. The molecule has 3 nitrogen and oxygen atoms in total. The fourth-order valence-corrected chi connectivity index (χ4v) is 3.67. The first-order chi connectivity index (χ1) is 12.8. The monoisotopic (exact) mass is 370 g/mol. The number of unbranched alkanes of at least 4 members (excludes halogenated alkanes) is 14. The van der Waals surface area contributed by atoms with Gasteiger partial charge in [-0.15, -0.1) is 0 Å². The van der Waals surface area contributed by atoms with Gasteiger partial charge in [0.1, 0.15) is 0 Å². The fourth-order valence-electron chi connectivity index (χ4n) is 3.67. The Hall–Kier alpha value is -0.120. The maximum Gasteiger partial charge on any atom is 0.0445 e. The molecule has 4 N–H and O–H groups in total. The van der Waals surface area contributed by atoms with E-state index in [9.17, 15) is 0 Å². The Kier molecular flexibility index (Phi) is 22.8. The molecule has 1 atom stereocenters.